The summed E-state index contributed by atoms with van der Waals surface area (Å²) in [5.74, 6) is 0. The molecule has 12 aromatic rings. The van der Waals surface area contributed by atoms with Gasteiger partial charge in [0.25, 0.3) is 0 Å². The third-order valence-corrected chi connectivity index (χ3v) is 12.6. The smallest absolute Gasteiger partial charge is 0.143 e. The molecule has 0 aliphatic carbocycles. The van der Waals surface area contributed by atoms with Gasteiger partial charge in [0, 0.05) is 36.3 Å². The van der Waals surface area contributed by atoms with Gasteiger partial charge in [0.1, 0.15) is 11.2 Å². The maximum absolute atomic E-state index is 7.00. The lowest BCUT2D eigenvalue weighted by atomic mass is 9.84. The van der Waals surface area contributed by atoms with E-state index in [9.17, 15) is 0 Å². The summed E-state index contributed by atoms with van der Waals surface area (Å²) >= 11 is 1.89. The SMILES string of the molecule is c1ccc(-c2c3ccccc3c(-c3cc(-c4ccc5sc6c7ccccc7ccc6c5c4)cc4oc5c6ccccc6ccc5c34)c3ccccc23)cc1. The molecule has 54 heavy (non-hydrogen) atoms. The molecule has 2 heteroatoms. The number of furan rings is 1. The Labute approximate surface area is 314 Å². The van der Waals surface area contributed by atoms with Crippen molar-refractivity contribution in [1.82, 2.24) is 0 Å². The molecule has 0 unspecified atom stereocenters. The van der Waals surface area contributed by atoms with E-state index in [1.807, 2.05) is 11.3 Å². The first-order chi connectivity index (χ1) is 26.8. The largest absolute Gasteiger partial charge is 0.455 e. The highest BCUT2D eigenvalue weighted by Gasteiger charge is 2.22. The number of rotatable bonds is 3. The van der Waals surface area contributed by atoms with Gasteiger partial charge in [0.05, 0.1) is 0 Å². The van der Waals surface area contributed by atoms with Crippen molar-refractivity contribution in [2.45, 2.75) is 0 Å². The van der Waals surface area contributed by atoms with Crippen molar-refractivity contribution in [3.63, 3.8) is 0 Å². The topological polar surface area (TPSA) is 13.1 Å². The number of hydrogen-bond donors (Lipinski definition) is 0. The van der Waals surface area contributed by atoms with Gasteiger partial charge in [-0.05, 0) is 101 Å². The second-order valence-corrected chi connectivity index (χ2v) is 15.4. The molecule has 12 rings (SSSR count). The molecular formula is C52H30OS. The molecule has 0 saturated carbocycles. The Bertz CT molecular complexity index is 3440. The Hall–Kier alpha value is -6.74. The molecule has 2 heterocycles. The van der Waals surface area contributed by atoms with E-state index < -0.39 is 0 Å². The lowest BCUT2D eigenvalue weighted by molar-refractivity contribution is 0.673. The molecular weight excluding hydrogens is 673 g/mol. The second kappa shape index (κ2) is 11.4. The van der Waals surface area contributed by atoms with Crippen LogP contribution in [0.5, 0.6) is 0 Å². The van der Waals surface area contributed by atoms with Crippen LogP contribution >= 0.6 is 11.3 Å². The first-order valence-electron chi connectivity index (χ1n) is 18.5. The summed E-state index contributed by atoms with van der Waals surface area (Å²) in [5, 5.41) is 14.7. The summed E-state index contributed by atoms with van der Waals surface area (Å²) in [5.41, 5.74) is 9.06. The van der Waals surface area contributed by atoms with Crippen LogP contribution in [-0.4, -0.2) is 0 Å². The molecule has 0 fully saturated rings. The zero-order valence-electron chi connectivity index (χ0n) is 29.1. The molecule has 0 atom stereocenters. The zero-order chi connectivity index (χ0) is 35.3. The van der Waals surface area contributed by atoms with Gasteiger partial charge in [-0.2, -0.15) is 0 Å². The van der Waals surface area contributed by atoms with E-state index in [-0.39, 0.29) is 0 Å². The van der Waals surface area contributed by atoms with E-state index in [1.54, 1.807) is 0 Å². The third-order valence-electron chi connectivity index (χ3n) is 11.4. The van der Waals surface area contributed by atoms with E-state index >= 15 is 0 Å². The Kier molecular flexibility index (Phi) is 6.28. The quantitative estimate of drug-likeness (QED) is 0.167. The molecule has 0 aliphatic heterocycles. The highest BCUT2D eigenvalue weighted by atomic mass is 32.1. The average molecular weight is 703 g/mol. The molecule has 0 saturated heterocycles. The van der Waals surface area contributed by atoms with Crippen LogP contribution in [0.15, 0.2) is 186 Å². The van der Waals surface area contributed by atoms with Crippen molar-refractivity contribution in [3.05, 3.63) is 182 Å². The Balaban J connectivity index is 1.21. The van der Waals surface area contributed by atoms with Gasteiger partial charge in [0.2, 0.25) is 0 Å². The number of fused-ring (bicyclic) bond motifs is 12. The van der Waals surface area contributed by atoms with Crippen LogP contribution in [-0.2, 0) is 0 Å². The summed E-state index contributed by atoms with van der Waals surface area (Å²) in [4.78, 5) is 0. The highest BCUT2D eigenvalue weighted by Crippen LogP contribution is 2.49. The van der Waals surface area contributed by atoms with E-state index in [0.29, 0.717) is 0 Å². The normalized spacial score (nSPS) is 12.1. The van der Waals surface area contributed by atoms with Crippen LogP contribution in [0, 0.1) is 0 Å². The summed E-state index contributed by atoms with van der Waals surface area (Å²) in [6.07, 6.45) is 0. The number of benzene rings is 10. The van der Waals surface area contributed by atoms with E-state index in [2.05, 4.69) is 182 Å². The fourth-order valence-electron chi connectivity index (χ4n) is 9.02. The van der Waals surface area contributed by atoms with E-state index in [1.165, 1.54) is 85.7 Å². The molecule has 0 bridgehead atoms. The number of thiophene rings is 1. The van der Waals surface area contributed by atoms with Crippen molar-refractivity contribution in [2.75, 3.05) is 0 Å². The Morgan fingerprint density at radius 2 is 0.944 bits per heavy atom. The minimum Gasteiger partial charge on any atom is -0.455 e. The zero-order valence-corrected chi connectivity index (χ0v) is 30.0. The first-order valence-corrected chi connectivity index (χ1v) is 19.3. The lowest BCUT2D eigenvalue weighted by Crippen LogP contribution is -1.92. The molecule has 0 radical (unpaired) electrons. The molecule has 250 valence electrons. The maximum Gasteiger partial charge on any atom is 0.143 e. The van der Waals surface area contributed by atoms with Crippen molar-refractivity contribution in [3.8, 4) is 33.4 Å². The van der Waals surface area contributed by atoms with Crippen LogP contribution < -0.4 is 0 Å². The summed E-state index contributed by atoms with van der Waals surface area (Å²) in [6.45, 7) is 0. The monoisotopic (exact) mass is 702 g/mol. The fraction of sp³-hybridized carbons (Fsp3) is 0. The van der Waals surface area contributed by atoms with Crippen LogP contribution in [0.4, 0.5) is 0 Å². The van der Waals surface area contributed by atoms with Crippen LogP contribution in [0.2, 0.25) is 0 Å². The van der Waals surface area contributed by atoms with Crippen molar-refractivity contribution >= 4 is 96.5 Å². The standard InChI is InChI=1S/C52H30OS/c1-2-14-33(15-3-1)48-38-18-8-10-20-40(38)49(41-21-11-9-19-39(41)48)45-29-35(30-46-50(45)43-26-23-31-12-4-6-16-36(31)51(43)53-46)34-24-27-47-44(28-34)42-25-22-32-13-5-7-17-37(32)52(42)54-47/h1-30H. The fourth-order valence-corrected chi connectivity index (χ4v) is 10.2. The van der Waals surface area contributed by atoms with Gasteiger partial charge in [-0.25, -0.2) is 0 Å². The average Bonchev–Trinajstić information content (AvgIpc) is 3.81. The molecule has 10 aromatic carbocycles. The molecule has 0 spiro atoms. The predicted molar refractivity (Wildman–Crippen MR) is 233 cm³/mol. The molecule has 0 N–H and O–H groups in total. The van der Waals surface area contributed by atoms with Crippen molar-refractivity contribution in [1.29, 1.82) is 0 Å². The molecule has 0 amide bonds. The third kappa shape index (κ3) is 4.26. The van der Waals surface area contributed by atoms with Gasteiger partial charge in [-0.15, -0.1) is 11.3 Å². The predicted octanol–water partition coefficient (Wildman–Crippen LogP) is 15.6. The molecule has 2 aromatic heterocycles. The van der Waals surface area contributed by atoms with Crippen molar-refractivity contribution < 1.29 is 4.42 Å². The van der Waals surface area contributed by atoms with Crippen LogP contribution in [0.1, 0.15) is 0 Å². The van der Waals surface area contributed by atoms with Gasteiger partial charge in [-0.1, -0.05) is 152 Å². The Morgan fingerprint density at radius 3 is 1.67 bits per heavy atom. The summed E-state index contributed by atoms with van der Waals surface area (Å²) in [7, 11) is 0. The van der Waals surface area contributed by atoms with E-state index in [4.69, 9.17) is 4.42 Å². The first kappa shape index (κ1) is 29.8. The molecule has 1 nitrogen and oxygen atoms in total. The van der Waals surface area contributed by atoms with Gasteiger partial charge >= 0.3 is 0 Å². The minimum absolute atomic E-state index is 0.899. The molecule has 0 aliphatic rings. The van der Waals surface area contributed by atoms with Crippen molar-refractivity contribution in [2.24, 2.45) is 0 Å². The van der Waals surface area contributed by atoms with E-state index in [0.717, 1.165) is 32.9 Å². The van der Waals surface area contributed by atoms with Crippen LogP contribution in [0.3, 0.4) is 0 Å². The second-order valence-electron chi connectivity index (χ2n) is 14.3. The van der Waals surface area contributed by atoms with Gasteiger partial charge in [-0.3, -0.25) is 0 Å². The maximum atomic E-state index is 7.00. The number of hydrogen-bond acceptors (Lipinski definition) is 2. The van der Waals surface area contributed by atoms with Gasteiger partial charge in [0.15, 0.2) is 0 Å². The lowest BCUT2D eigenvalue weighted by Gasteiger charge is -2.19. The summed E-state index contributed by atoms with van der Waals surface area (Å²) in [6, 6.07) is 66.7. The Morgan fingerprint density at radius 1 is 0.352 bits per heavy atom. The summed E-state index contributed by atoms with van der Waals surface area (Å²) < 4.78 is 9.65. The van der Waals surface area contributed by atoms with Crippen LogP contribution in [0.25, 0.3) is 119 Å². The highest BCUT2D eigenvalue weighted by molar-refractivity contribution is 7.26. The minimum atomic E-state index is 0.899. The van der Waals surface area contributed by atoms with Gasteiger partial charge < -0.3 is 4.42 Å².